The number of rotatable bonds is 4. The lowest BCUT2D eigenvalue weighted by Crippen LogP contribution is -2.28. The van der Waals surface area contributed by atoms with Crippen LogP contribution in [0.25, 0.3) is 0 Å². The van der Waals surface area contributed by atoms with E-state index in [9.17, 15) is 9.90 Å². The second-order valence-corrected chi connectivity index (χ2v) is 3.65. The molecule has 0 heterocycles. The highest BCUT2D eigenvalue weighted by Gasteiger charge is 2.18. The Morgan fingerprint density at radius 3 is 2.64 bits per heavy atom. The highest BCUT2D eigenvalue weighted by molar-refractivity contribution is 5.65. The fraction of sp³-hybridized carbons (Fsp3) is 0.900. The van der Waals surface area contributed by atoms with E-state index in [1.54, 1.807) is 0 Å². The lowest BCUT2D eigenvalue weighted by atomic mass is 9.98. The van der Waals surface area contributed by atoms with Gasteiger partial charge in [-0.1, -0.05) is 19.3 Å². The second kappa shape index (κ2) is 5.98. The molecule has 0 spiro atoms. The van der Waals surface area contributed by atoms with Crippen molar-refractivity contribution < 1.29 is 19.4 Å². The molecule has 0 aromatic heterocycles. The molecule has 0 saturated heterocycles. The molecule has 1 aliphatic carbocycles. The molecule has 1 aliphatic rings. The van der Waals surface area contributed by atoms with Crippen LogP contribution in [0, 0.1) is 0 Å². The van der Waals surface area contributed by atoms with Gasteiger partial charge in [0.05, 0.1) is 6.10 Å². The minimum absolute atomic E-state index is 0.0637. The first-order chi connectivity index (χ1) is 6.68. The van der Waals surface area contributed by atoms with Gasteiger partial charge in [-0.2, -0.15) is 0 Å². The predicted molar refractivity (Wildman–Crippen MR) is 50.6 cm³/mol. The molecule has 4 heteroatoms. The van der Waals surface area contributed by atoms with Crippen LogP contribution in [0.4, 0.5) is 0 Å². The van der Waals surface area contributed by atoms with Gasteiger partial charge in [-0.15, -0.1) is 0 Å². The Balaban J connectivity index is 2.11. The molecule has 1 atom stereocenters. The molecule has 1 rings (SSSR count). The summed E-state index contributed by atoms with van der Waals surface area (Å²) in [4.78, 5) is 10.5. The van der Waals surface area contributed by atoms with Crippen LogP contribution in [0.3, 0.4) is 0 Å². The molecule has 1 saturated carbocycles. The van der Waals surface area contributed by atoms with Crippen LogP contribution in [0.2, 0.25) is 0 Å². The predicted octanol–water partition coefficient (Wildman–Crippen LogP) is 1.22. The van der Waals surface area contributed by atoms with Crippen molar-refractivity contribution >= 4 is 5.97 Å². The van der Waals surface area contributed by atoms with Gasteiger partial charge in [0.25, 0.3) is 0 Å². The van der Waals surface area contributed by atoms with Gasteiger partial charge in [-0.05, 0) is 12.8 Å². The Labute approximate surface area is 84.2 Å². The molecular formula is C10H18O4. The Hall–Kier alpha value is -0.610. The van der Waals surface area contributed by atoms with E-state index in [2.05, 4.69) is 4.74 Å². The van der Waals surface area contributed by atoms with E-state index in [1.165, 1.54) is 13.3 Å². The van der Waals surface area contributed by atoms with Crippen molar-refractivity contribution in [1.29, 1.82) is 0 Å². The monoisotopic (exact) mass is 202 g/mol. The standard InChI is InChI=1S/C10H18O4/c1-8(11)13-7-10(12)14-9-5-3-2-4-6-9/h9-10,12H,2-7H2,1H3/t10-/m0/s1. The first-order valence-electron chi connectivity index (χ1n) is 5.15. The summed E-state index contributed by atoms with van der Waals surface area (Å²) < 4.78 is 9.95. The van der Waals surface area contributed by atoms with E-state index in [0.717, 1.165) is 25.7 Å². The van der Waals surface area contributed by atoms with Crippen molar-refractivity contribution in [1.82, 2.24) is 0 Å². The van der Waals surface area contributed by atoms with Gasteiger partial charge >= 0.3 is 5.97 Å². The van der Waals surface area contributed by atoms with E-state index >= 15 is 0 Å². The molecule has 1 fully saturated rings. The third-order valence-electron chi connectivity index (χ3n) is 2.33. The number of carbonyl (C=O) groups is 1. The van der Waals surface area contributed by atoms with Crippen molar-refractivity contribution in [3.05, 3.63) is 0 Å². The summed E-state index contributed by atoms with van der Waals surface area (Å²) in [7, 11) is 0. The van der Waals surface area contributed by atoms with Gasteiger partial charge in [0.15, 0.2) is 6.29 Å². The third kappa shape index (κ3) is 4.58. The Kier molecular flexibility index (Phi) is 4.90. The summed E-state index contributed by atoms with van der Waals surface area (Å²) in [6.07, 6.45) is 4.72. The zero-order valence-electron chi connectivity index (χ0n) is 8.57. The lowest BCUT2D eigenvalue weighted by molar-refractivity contribution is -0.180. The van der Waals surface area contributed by atoms with Gasteiger partial charge in [-0.25, -0.2) is 0 Å². The fourth-order valence-electron chi connectivity index (χ4n) is 1.65. The second-order valence-electron chi connectivity index (χ2n) is 3.65. The minimum atomic E-state index is -0.970. The molecule has 14 heavy (non-hydrogen) atoms. The van der Waals surface area contributed by atoms with Crippen molar-refractivity contribution in [2.24, 2.45) is 0 Å². The summed E-state index contributed by atoms with van der Waals surface area (Å²) in [6, 6.07) is 0. The van der Waals surface area contributed by atoms with Crippen molar-refractivity contribution in [2.75, 3.05) is 6.61 Å². The van der Waals surface area contributed by atoms with E-state index in [-0.39, 0.29) is 12.7 Å². The van der Waals surface area contributed by atoms with Crippen LogP contribution in [-0.4, -0.2) is 30.1 Å². The van der Waals surface area contributed by atoms with Crippen molar-refractivity contribution in [3.8, 4) is 0 Å². The summed E-state index contributed by atoms with van der Waals surface area (Å²) in [6.45, 7) is 1.25. The summed E-state index contributed by atoms with van der Waals surface area (Å²) >= 11 is 0. The number of carbonyl (C=O) groups excluding carboxylic acids is 1. The van der Waals surface area contributed by atoms with Crippen molar-refractivity contribution in [2.45, 2.75) is 51.4 Å². The van der Waals surface area contributed by atoms with Crippen LogP contribution in [0.15, 0.2) is 0 Å². The van der Waals surface area contributed by atoms with Crippen LogP contribution >= 0.6 is 0 Å². The van der Waals surface area contributed by atoms with Gasteiger partial charge in [0.1, 0.15) is 6.61 Å². The quantitative estimate of drug-likeness (QED) is 0.550. The smallest absolute Gasteiger partial charge is 0.302 e. The topological polar surface area (TPSA) is 55.8 Å². The van der Waals surface area contributed by atoms with Gasteiger partial charge in [0, 0.05) is 6.92 Å². The van der Waals surface area contributed by atoms with E-state index < -0.39 is 12.3 Å². The third-order valence-corrected chi connectivity index (χ3v) is 2.33. The van der Waals surface area contributed by atoms with Gasteiger partial charge in [0.2, 0.25) is 0 Å². The molecule has 0 amide bonds. The first kappa shape index (κ1) is 11.5. The number of aliphatic hydroxyl groups excluding tert-OH is 1. The molecule has 82 valence electrons. The maximum Gasteiger partial charge on any atom is 0.302 e. The average Bonchev–Trinajstić information content (AvgIpc) is 2.16. The largest absolute Gasteiger partial charge is 0.460 e. The van der Waals surface area contributed by atoms with E-state index in [1.807, 2.05) is 0 Å². The fourth-order valence-corrected chi connectivity index (χ4v) is 1.65. The zero-order chi connectivity index (χ0) is 10.4. The first-order valence-corrected chi connectivity index (χ1v) is 5.15. The minimum Gasteiger partial charge on any atom is -0.460 e. The molecule has 0 aliphatic heterocycles. The molecule has 0 unspecified atom stereocenters. The number of aliphatic hydroxyl groups is 1. The van der Waals surface area contributed by atoms with Crippen LogP contribution in [0.1, 0.15) is 39.0 Å². The number of hydrogen-bond donors (Lipinski definition) is 1. The lowest BCUT2D eigenvalue weighted by Gasteiger charge is -2.24. The van der Waals surface area contributed by atoms with Gasteiger partial charge in [-0.3, -0.25) is 4.79 Å². The maximum atomic E-state index is 10.5. The molecule has 4 nitrogen and oxygen atoms in total. The van der Waals surface area contributed by atoms with Gasteiger partial charge < -0.3 is 14.6 Å². The molecular weight excluding hydrogens is 184 g/mol. The Bertz CT molecular complexity index is 175. The van der Waals surface area contributed by atoms with E-state index in [4.69, 9.17) is 4.74 Å². The maximum absolute atomic E-state index is 10.5. The molecule has 0 radical (unpaired) electrons. The molecule has 1 N–H and O–H groups in total. The van der Waals surface area contributed by atoms with Crippen LogP contribution in [0.5, 0.6) is 0 Å². The Morgan fingerprint density at radius 2 is 2.07 bits per heavy atom. The number of hydrogen-bond acceptors (Lipinski definition) is 4. The zero-order valence-corrected chi connectivity index (χ0v) is 8.57. The van der Waals surface area contributed by atoms with Crippen molar-refractivity contribution in [3.63, 3.8) is 0 Å². The van der Waals surface area contributed by atoms with Crippen LogP contribution in [-0.2, 0) is 14.3 Å². The Morgan fingerprint density at radius 1 is 1.43 bits per heavy atom. The highest BCUT2D eigenvalue weighted by atomic mass is 16.6. The average molecular weight is 202 g/mol. The molecule has 0 aromatic rings. The normalized spacial score (nSPS) is 20.4. The summed E-state index contributed by atoms with van der Waals surface area (Å²) in [5.41, 5.74) is 0. The summed E-state index contributed by atoms with van der Waals surface area (Å²) in [5, 5.41) is 9.35. The van der Waals surface area contributed by atoms with E-state index in [0.29, 0.717) is 0 Å². The molecule has 0 aromatic carbocycles. The number of ether oxygens (including phenoxy) is 2. The van der Waals surface area contributed by atoms with Crippen LogP contribution < -0.4 is 0 Å². The highest BCUT2D eigenvalue weighted by Crippen LogP contribution is 2.20. The summed E-state index contributed by atoms with van der Waals surface area (Å²) in [5.74, 6) is -0.392. The number of esters is 1. The SMILES string of the molecule is CC(=O)OC[C@@H](O)OC1CCCCC1. The molecule has 0 bridgehead atoms.